The first-order valence-electron chi connectivity index (χ1n) is 10.5. The third kappa shape index (κ3) is 5.55. The summed E-state index contributed by atoms with van der Waals surface area (Å²) >= 11 is 0. The number of imidazole rings is 1. The van der Waals surface area contributed by atoms with Gasteiger partial charge in [0.2, 0.25) is 15.0 Å². The van der Waals surface area contributed by atoms with Gasteiger partial charge in [-0.1, -0.05) is 13.8 Å². The second kappa shape index (κ2) is 9.69. The molecule has 3 rings (SSSR count). The zero-order valence-electron chi connectivity index (χ0n) is 17.5. The molecule has 0 amide bonds. The van der Waals surface area contributed by atoms with Gasteiger partial charge in [0, 0.05) is 33.4 Å². The van der Waals surface area contributed by atoms with Gasteiger partial charge in [-0.25, -0.2) is 13.4 Å². The van der Waals surface area contributed by atoms with Crippen LogP contribution in [0.5, 0.6) is 0 Å². The third-order valence-electron chi connectivity index (χ3n) is 5.65. The summed E-state index contributed by atoms with van der Waals surface area (Å²) < 4.78 is 38.8. The Labute approximate surface area is 169 Å². The van der Waals surface area contributed by atoms with Gasteiger partial charge in [-0.15, -0.1) is 0 Å². The Bertz CT molecular complexity index is 718. The van der Waals surface area contributed by atoms with Crippen LogP contribution in [0.15, 0.2) is 11.4 Å². The largest absolute Gasteiger partial charge is 0.384 e. The lowest BCUT2D eigenvalue weighted by Gasteiger charge is -2.31. The highest BCUT2D eigenvalue weighted by atomic mass is 32.2. The van der Waals surface area contributed by atoms with Gasteiger partial charge in [0.25, 0.3) is 0 Å². The lowest BCUT2D eigenvalue weighted by Crippen LogP contribution is -2.35. The van der Waals surface area contributed by atoms with E-state index in [-0.39, 0.29) is 17.0 Å². The van der Waals surface area contributed by atoms with Crippen LogP contribution in [0.25, 0.3) is 0 Å². The number of hydrogen-bond acceptors (Lipinski definition) is 6. The fourth-order valence-electron chi connectivity index (χ4n) is 4.20. The van der Waals surface area contributed by atoms with Crippen LogP contribution in [0.2, 0.25) is 0 Å². The van der Waals surface area contributed by atoms with Gasteiger partial charge in [0.15, 0.2) is 0 Å². The Morgan fingerprint density at radius 2 is 2.04 bits per heavy atom. The minimum absolute atomic E-state index is 0.0317. The fourth-order valence-corrected chi connectivity index (χ4v) is 5.84. The van der Waals surface area contributed by atoms with Crippen molar-refractivity contribution >= 4 is 9.84 Å². The zero-order chi connectivity index (χ0) is 20.1. The van der Waals surface area contributed by atoms with Crippen molar-refractivity contribution in [2.24, 2.45) is 11.8 Å². The second-order valence-corrected chi connectivity index (χ2v) is 10.6. The van der Waals surface area contributed by atoms with Gasteiger partial charge in [0.05, 0.1) is 23.7 Å². The average molecular weight is 414 g/mol. The van der Waals surface area contributed by atoms with E-state index in [0.29, 0.717) is 25.0 Å². The molecule has 3 heterocycles. The highest BCUT2D eigenvalue weighted by Gasteiger charge is 2.30. The molecule has 2 fully saturated rings. The van der Waals surface area contributed by atoms with E-state index in [4.69, 9.17) is 9.47 Å². The van der Waals surface area contributed by atoms with Gasteiger partial charge >= 0.3 is 0 Å². The summed E-state index contributed by atoms with van der Waals surface area (Å²) in [4.78, 5) is 6.76. The van der Waals surface area contributed by atoms with Gasteiger partial charge in [-0.2, -0.15) is 0 Å². The Morgan fingerprint density at radius 3 is 2.64 bits per heavy atom. The summed E-state index contributed by atoms with van der Waals surface area (Å²) in [7, 11) is -1.70. The van der Waals surface area contributed by atoms with Crippen LogP contribution < -0.4 is 0 Å². The number of hydrogen-bond donors (Lipinski definition) is 0. The maximum absolute atomic E-state index is 13.0. The Balaban J connectivity index is 1.73. The summed E-state index contributed by atoms with van der Waals surface area (Å²) in [6.07, 6.45) is 5.55. The molecule has 2 aliphatic heterocycles. The Morgan fingerprint density at radius 1 is 1.29 bits per heavy atom. The minimum atomic E-state index is -3.46. The van der Waals surface area contributed by atoms with E-state index in [9.17, 15) is 8.42 Å². The van der Waals surface area contributed by atoms with Crippen molar-refractivity contribution in [1.82, 2.24) is 14.5 Å². The monoisotopic (exact) mass is 413 g/mol. The number of rotatable bonds is 9. The summed E-state index contributed by atoms with van der Waals surface area (Å²) in [5, 5.41) is 0.209. The third-order valence-corrected chi connectivity index (χ3v) is 7.34. The Kier molecular flexibility index (Phi) is 7.53. The van der Waals surface area contributed by atoms with Crippen molar-refractivity contribution in [3.05, 3.63) is 11.9 Å². The van der Waals surface area contributed by atoms with E-state index in [1.807, 2.05) is 4.57 Å². The Hall–Kier alpha value is -0.960. The highest BCUT2D eigenvalue weighted by molar-refractivity contribution is 7.91. The van der Waals surface area contributed by atoms with Gasteiger partial charge in [-0.05, 0) is 50.6 Å². The lowest BCUT2D eigenvalue weighted by molar-refractivity contribution is 0.0956. The van der Waals surface area contributed by atoms with Gasteiger partial charge in [0.1, 0.15) is 0 Å². The predicted octanol–water partition coefficient (Wildman–Crippen LogP) is 2.35. The predicted molar refractivity (Wildman–Crippen MR) is 108 cm³/mol. The molecule has 1 aromatic heterocycles. The number of piperidine rings is 1. The van der Waals surface area contributed by atoms with Gasteiger partial charge < -0.3 is 14.0 Å². The van der Waals surface area contributed by atoms with Crippen LogP contribution in [0.1, 0.15) is 45.2 Å². The van der Waals surface area contributed by atoms with E-state index >= 15 is 0 Å². The molecule has 0 radical (unpaired) electrons. The van der Waals surface area contributed by atoms with Crippen LogP contribution in [0.4, 0.5) is 0 Å². The molecule has 2 aliphatic rings. The second-order valence-electron chi connectivity index (χ2n) is 8.63. The van der Waals surface area contributed by atoms with Crippen LogP contribution in [-0.4, -0.2) is 68.1 Å². The first-order chi connectivity index (χ1) is 13.4. The maximum atomic E-state index is 13.0. The molecule has 0 spiro atoms. The molecule has 28 heavy (non-hydrogen) atoms. The number of sulfone groups is 1. The molecule has 7 nitrogen and oxygen atoms in total. The zero-order valence-corrected chi connectivity index (χ0v) is 18.3. The first kappa shape index (κ1) is 21.7. The molecular formula is C20H35N3O4S. The number of methoxy groups -OCH3 is 1. The highest BCUT2D eigenvalue weighted by Crippen LogP contribution is 2.23. The van der Waals surface area contributed by atoms with Crippen molar-refractivity contribution in [3.8, 4) is 0 Å². The molecule has 0 saturated carbocycles. The summed E-state index contributed by atoms with van der Waals surface area (Å²) in [5.41, 5.74) is 0.991. The topological polar surface area (TPSA) is 73.7 Å². The fraction of sp³-hybridized carbons (Fsp3) is 0.850. The molecule has 1 unspecified atom stereocenters. The van der Waals surface area contributed by atoms with Crippen molar-refractivity contribution < 1.29 is 17.9 Å². The number of aromatic nitrogens is 2. The maximum Gasteiger partial charge on any atom is 0.227 e. The standard InChI is InChI=1S/C20H35N3O4S/c1-16(2)12-23-18(13-22-8-6-17(7-9-22)14-26-3)11-21-20(23)28(24,25)15-19-5-4-10-27-19/h11,16-17,19H,4-10,12-15H2,1-3H3. The van der Waals surface area contributed by atoms with Crippen molar-refractivity contribution in [2.45, 2.75) is 63.9 Å². The smallest absolute Gasteiger partial charge is 0.227 e. The number of ether oxygens (including phenoxy) is 2. The molecule has 1 aromatic rings. The molecule has 1 atom stereocenters. The van der Waals surface area contributed by atoms with E-state index in [2.05, 4.69) is 23.7 Å². The summed E-state index contributed by atoms with van der Waals surface area (Å²) in [6, 6.07) is 0. The molecule has 2 saturated heterocycles. The molecule has 0 aliphatic carbocycles. The molecule has 0 aromatic carbocycles. The number of likely N-dealkylation sites (tertiary alicyclic amines) is 1. The van der Waals surface area contributed by atoms with E-state index in [1.54, 1.807) is 13.3 Å². The van der Waals surface area contributed by atoms with E-state index in [1.165, 1.54) is 0 Å². The van der Waals surface area contributed by atoms with Crippen molar-refractivity contribution in [2.75, 3.05) is 39.2 Å². The van der Waals surface area contributed by atoms with Crippen LogP contribution in [-0.2, 0) is 32.4 Å². The number of nitrogens with zero attached hydrogens (tertiary/aromatic N) is 3. The van der Waals surface area contributed by atoms with Crippen LogP contribution >= 0.6 is 0 Å². The van der Waals surface area contributed by atoms with Gasteiger partial charge in [-0.3, -0.25) is 4.90 Å². The van der Waals surface area contributed by atoms with Crippen molar-refractivity contribution in [1.29, 1.82) is 0 Å². The van der Waals surface area contributed by atoms with E-state index < -0.39 is 9.84 Å². The normalized spacial score (nSPS) is 22.4. The molecule has 0 bridgehead atoms. The molecule has 160 valence electrons. The molecular weight excluding hydrogens is 378 g/mol. The average Bonchev–Trinajstić information content (AvgIpc) is 3.27. The summed E-state index contributed by atoms with van der Waals surface area (Å²) in [5.74, 6) is 1.01. The van der Waals surface area contributed by atoms with Crippen molar-refractivity contribution in [3.63, 3.8) is 0 Å². The molecule has 0 N–H and O–H groups in total. The minimum Gasteiger partial charge on any atom is -0.384 e. The lowest BCUT2D eigenvalue weighted by atomic mass is 9.98. The quantitative estimate of drug-likeness (QED) is 0.619. The van der Waals surface area contributed by atoms with E-state index in [0.717, 1.165) is 57.6 Å². The SMILES string of the molecule is COCC1CCN(Cc2cnc(S(=O)(=O)CC3CCCO3)n2CC(C)C)CC1. The van der Waals surface area contributed by atoms with Crippen LogP contribution in [0, 0.1) is 11.8 Å². The molecule has 8 heteroatoms. The van der Waals surface area contributed by atoms with Crippen LogP contribution in [0.3, 0.4) is 0 Å². The first-order valence-corrected chi connectivity index (χ1v) is 12.1. The summed E-state index contributed by atoms with van der Waals surface area (Å²) in [6.45, 7) is 9.13.